The van der Waals surface area contributed by atoms with Crippen LogP contribution in [0.15, 0.2) is 35.3 Å². The molecule has 4 heterocycles. The lowest BCUT2D eigenvalue weighted by atomic mass is 9.72. The smallest absolute Gasteiger partial charge is 0.328 e. The Kier molecular flexibility index (Phi) is 4.38. The minimum absolute atomic E-state index is 0.0192. The molecule has 3 atom stereocenters. The van der Waals surface area contributed by atoms with E-state index in [9.17, 15) is 14.4 Å². The summed E-state index contributed by atoms with van der Waals surface area (Å²) in [6.45, 7) is 3.65. The van der Waals surface area contributed by atoms with Gasteiger partial charge in [0.15, 0.2) is 11.6 Å². The van der Waals surface area contributed by atoms with Gasteiger partial charge >= 0.3 is 6.03 Å². The van der Waals surface area contributed by atoms with Crippen LogP contribution in [0.5, 0.6) is 0 Å². The van der Waals surface area contributed by atoms with Gasteiger partial charge in [0.2, 0.25) is 0 Å². The molecule has 3 unspecified atom stereocenters. The van der Waals surface area contributed by atoms with Gasteiger partial charge in [0.1, 0.15) is 11.4 Å². The van der Waals surface area contributed by atoms with Gasteiger partial charge in [0.05, 0.1) is 11.7 Å². The molecule has 156 valence electrons. The number of amides is 2. The Bertz CT molecular complexity index is 1090. The first-order chi connectivity index (χ1) is 14.4. The van der Waals surface area contributed by atoms with Crippen molar-refractivity contribution in [1.82, 2.24) is 9.55 Å². The van der Waals surface area contributed by atoms with Crippen molar-refractivity contribution in [2.45, 2.75) is 32.2 Å². The van der Waals surface area contributed by atoms with Crippen molar-refractivity contribution in [2.24, 2.45) is 18.9 Å². The molecule has 8 heteroatoms. The van der Waals surface area contributed by atoms with Gasteiger partial charge in [0, 0.05) is 32.3 Å². The van der Waals surface area contributed by atoms with Crippen LogP contribution in [0.3, 0.4) is 0 Å². The molecule has 2 aliphatic heterocycles. The second kappa shape index (κ2) is 6.97. The third kappa shape index (κ3) is 2.89. The number of nitrogens with zero attached hydrogens (tertiary/aromatic N) is 4. The van der Waals surface area contributed by atoms with E-state index in [-0.39, 0.29) is 35.0 Å². The van der Waals surface area contributed by atoms with Crippen LogP contribution in [0.1, 0.15) is 36.7 Å². The Morgan fingerprint density at radius 2 is 2.00 bits per heavy atom. The van der Waals surface area contributed by atoms with E-state index in [2.05, 4.69) is 22.1 Å². The molecule has 1 saturated carbocycles. The SMILES string of the molecule is CC1CCC1C(=O)c1ccc2c(n1)N(C(=O)Nc1cccn(C)c1=O)C1CCN2C1. The summed E-state index contributed by atoms with van der Waals surface area (Å²) in [5.74, 6) is 0.961. The number of ketones is 1. The van der Waals surface area contributed by atoms with Crippen molar-refractivity contribution in [3.63, 3.8) is 0 Å². The van der Waals surface area contributed by atoms with E-state index in [1.54, 1.807) is 36.3 Å². The highest BCUT2D eigenvalue weighted by molar-refractivity contribution is 6.05. The van der Waals surface area contributed by atoms with Gasteiger partial charge in [-0.1, -0.05) is 6.92 Å². The first-order valence-electron chi connectivity index (χ1n) is 10.5. The molecule has 0 spiro atoms. The molecule has 2 fully saturated rings. The van der Waals surface area contributed by atoms with E-state index in [0.717, 1.165) is 38.0 Å². The fraction of sp³-hybridized carbons (Fsp3) is 0.455. The average molecular weight is 407 g/mol. The average Bonchev–Trinajstić information content (AvgIpc) is 3.14. The van der Waals surface area contributed by atoms with Crippen molar-refractivity contribution >= 4 is 29.0 Å². The normalized spacial score (nSPS) is 24.3. The molecule has 0 radical (unpaired) electrons. The van der Waals surface area contributed by atoms with Gasteiger partial charge in [-0.2, -0.15) is 0 Å². The lowest BCUT2D eigenvalue weighted by molar-refractivity contribution is 0.0758. The summed E-state index contributed by atoms with van der Waals surface area (Å²) in [7, 11) is 1.64. The number of nitrogens with one attached hydrogen (secondary N) is 1. The number of pyridine rings is 2. The predicted molar refractivity (Wildman–Crippen MR) is 114 cm³/mol. The molecule has 1 N–H and O–H groups in total. The second-order valence-corrected chi connectivity index (χ2v) is 8.59. The number of carbonyl (C=O) groups excluding carboxylic acids is 2. The van der Waals surface area contributed by atoms with Crippen LogP contribution in [0.2, 0.25) is 0 Å². The lowest BCUT2D eigenvalue weighted by Crippen LogP contribution is -2.49. The monoisotopic (exact) mass is 407 g/mol. The number of aromatic nitrogens is 2. The van der Waals surface area contributed by atoms with Gasteiger partial charge < -0.3 is 14.8 Å². The molecule has 5 rings (SSSR count). The maximum Gasteiger partial charge on any atom is 0.328 e. The molecule has 0 aromatic carbocycles. The molecule has 2 aromatic rings. The summed E-state index contributed by atoms with van der Waals surface area (Å²) in [6.07, 6.45) is 4.43. The molecule has 8 nitrogen and oxygen atoms in total. The number of rotatable bonds is 3. The number of carbonyl (C=O) groups is 2. The largest absolute Gasteiger partial charge is 0.366 e. The quantitative estimate of drug-likeness (QED) is 0.791. The van der Waals surface area contributed by atoms with Gasteiger partial charge in [-0.25, -0.2) is 9.78 Å². The van der Waals surface area contributed by atoms with E-state index >= 15 is 0 Å². The number of urea groups is 1. The number of Topliss-reactive ketones (excluding diaryl/α,β-unsaturated/α-hetero) is 1. The van der Waals surface area contributed by atoms with E-state index in [4.69, 9.17) is 0 Å². The van der Waals surface area contributed by atoms with Crippen LogP contribution in [0.25, 0.3) is 0 Å². The fourth-order valence-corrected chi connectivity index (χ4v) is 4.72. The van der Waals surface area contributed by atoms with Crippen molar-refractivity contribution in [1.29, 1.82) is 0 Å². The zero-order valence-electron chi connectivity index (χ0n) is 17.2. The minimum atomic E-state index is -0.389. The van der Waals surface area contributed by atoms with Crippen LogP contribution in [-0.2, 0) is 7.05 Å². The summed E-state index contributed by atoms with van der Waals surface area (Å²) < 4.78 is 1.42. The number of hydrogen-bond acceptors (Lipinski definition) is 5. The third-order valence-electron chi connectivity index (χ3n) is 6.74. The number of anilines is 3. The molecule has 1 aliphatic carbocycles. The van der Waals surface area contributed by atoms with E-state index in [0.29, 0.717) is 17.4 Å². The first kappa shape index (κ1) is 18.8. The molecule has 2 bridgehead atoms. The minimum Gasteiger partial charge on any atom is -0.366 e. The standard InChI is InChI=1S/C22H25N5O3/c1-13-5-6-15(13)19(28)16-7-8-18-20(23-16)27(14-9-11-26(18)12-14)22(30)24-17-4-3-10-25(2)21(17)29/h3-4,7-8,10,13-15H,5-6,9,11-12H2,1-2H3,(H,24,30). The molecule has 30 heavy (non-hydrogen) atoms. The second-order valence-electron chi connectivity index (χ2n) is 8.59. The Labute approximate surface area is 174 Å². The van der Waals surface area contributed by atoms with Gasteiger partial charge in [-0.3, -0.25) is 14.5 Å². The van der Waals surface area contributed by atoms with Gasteiger partial charge in [-0.05, 0) is 49.4 Å². The van der Waals surface area contributed by atoms with E-state index in [1.807, 2.05) is 6.07 Å². The molecule has 2 aromatic heterocycles. The Hall–Kier alpha value is -3.16. The maximum atomic E-state index is 13.2. The Morgan fingerprint density at radius 1 is 1.17 bits per heavy atom. The van der Waals surface area contributed by atoms with Crippen LogP contribution in [0, 0.1) is 11.8 Å². The van der Waals surface area contributed by atoms with Crippen molar-refractivity contribution < 1.29 is 9.59 Å². The fourth-order valence-electron chi connectivity index (χ4n) is 4.72. The topological polar surface area (TPSA) is 87.5 Å². The zero-order chi connectivity index (χ0) is 21.0. The van der Waals surface area contributed by atoms with Crippen LogP contribution >= 0.6 is 0 Å². The molecule has 1 saturated heterocycles. The van der Waals surface area contributed by atoms with E-state index in [1.165, 1.54) is 4.57 Å². The molecular formula is C22H25N5O3. The van der Waals surface area contributed by atoms with Crippen LogP contribution in [-0.4, -0.2) is 40.5 Å². The molecule has 3 aliphatic rings. The number of aryl methyl sites for hydroxylation is 1. The maximum absolute atomic E-state index is 13.2. The lowest BCUT2D eigenvalue weighted by Gasteiger charge is -2.36. The summed E-state index contributed by atoms with van der Waals surface area (Å²) in [5, 5.41) is 2.76. The summed E-state index contributed by atoms with van der Waals surface area (Å²) in [5.41, 5.74) is 1.23. The Morgan fingerprint density at radius 3 is 2.73 bits per heavy atom. The highest BCUT2D eigenvalue weighted by Gasteiger charge is 2.41. The summed E-state index contributed by atoms with van der Waals surface area (Å²) in [4.78, 5) is 47.0. The van der Waals surface area contributed by atoms with Crippen LogP contribution < -0.4 is 20.7 Å². The summed E-state index contributed by atoms with van der Waals surface area (Å²) >= 11 is 0. The van der Waals surface area contributed by atoms with Crippen LogP contribution in [0.4, 0.5) is 22.0 Å². The van der Waals surface area contributed by atoms with Crippen molar-refractivity contribution in [3.05, 3.63) is 46.5 Å². The zero-order valence-corrected chi connectivity index (χ0v) is 17.2. The number of hydrogen-bond donors (Lipinski definition) is 1. The molecule has 2 amide bonds. The molecular weight excluding hydrogens is 382 g/mol. The van der Waals surface area contributed by atoms with Crippen molar-refractivity contribution in [2.75, 3.05) is 28.2 Å². The highest BCUT2D eigenvalue weighted by Crippen LogP contribution is 2.41. The first-order valence-corrected chi connectivity index (χ1v) is 10.5. The highest BCUT2D eigenvalue weighted by atomic mass is 16.2. The van der Waals surface area contributed by atoms with E-state index < -0.39 is 0 Å². The van der Waals surface area contributed by atoms with Gasteiger partial charge in [0.25, 0.3) is 5.56 Å². The predicted octanol–water partition coefficient (Wildman–Crippen LogP) is 2.64. The summed E-state index contributed by atoms with van der Waals surface area (Å²) in [6, 6.07) is 6.58. The third-order valence-corrected chi connectivity index (χ3v) is 6.74. The Balaban J connectivity index is 1.50. The number of fused-ring (bicyclic) bond motifs is 4. The van der Waals surface area contributed by atoms with Crippen molar-refractivity contribution in [3.8, 4) is 0 Å². The van der Waals surface area contributed by atoms with Gasteiger partial charge in [-0.15, -0.1) is 0 Å².